The standard InChI is InChI=1S/C12H25NO5S/c1-9(2)18-10(7-13-19(6,15)16)8-17-11(14)12(3,4)5/h9-10,13H,7-8H2,1-6H3. The van der Waals surface area contributed by atoms with Crippen LogP contribution in [0.25, 0.3) is 0 Å². The van der Waals surface area contributed by atoms with Crippen molar-refractivity contribution >= 4 is 16.0 Å². The Morgan fingerprint density at radius 1 is 1.26 bits per heavy atom. The predicted octanol–water partition coefficient (Wildman–Crippen LogP) is 0.918. The van der Waals surface area contributed by atoms with E-state index in [9.17, 15) is 13.2 Å². The molecular formula is C12H25NO5S. The van der Waals surface area contributed by atoms with E-state index in [1.807, 2.05) is 13.8 Å². The summed E-state index contributed by atoms with van der Waals surface area (Å²) in [5.74, 6) is -0.343. The number of ether oxygens (including phenoxy) is 2. The van der Waals surface area contributed by atoms with E-state index in [1.165, 1.54) is 0 Å². The van der Waals surface area contributed by atoms with Crippen molar-refractivity contribution in [1.82, 2.24) is 4.72 Å². The molecule has 0 aromatic heterocycles. The van der Waals surface area contributed by atoms with Crippen molar-refractivity contribution < 1.29 is 22.7 Å². The fourth-order valence-corrected chi connectivity index (χ4v) is 1.65. The lowest BCUT2D eigenvalue weighted by Gasteiger charge is -2.23. The smallest absolute Gasteiger partial charge is 0.311 e. The monoisotopic (exact) mass is 295 g/mol. The molecule has 0 fully saturated rings. The van der Waals surface area contributed by atoms with E-state index in [-0.39, 0.29) is 25.2 Å². The Balaban J connectivity index is 4.40. The highest BCUT2D eigenvalue weighted by molar-refractivity contribution is 7.88. The minimum atomic E-state index is -3.29. The summed E-state index contributed by atoms with van der Waals surface area (Å²) in [5, 5.41) is 0. The quantitative estimate of drug-likeness (QED) is 0.706. The van der Waals surface area contributed by atoms with Gasteiger partial charge in [0.05, 0.1) is 17.8 Å². The first-order chi connectivity index (χ1) is 8.42. The molecule has 0 saturated heterocycles. The number of nitrogens with one attached hydrogen (secondary N) is 1. The molecule has 0 saturated carbocycles. The van der Waals surface area contributed by atoms with Gasteiger partial charge in [0.25, 0.3) is 0 Å². The summed E-state index contributed by atoms with van der Waals surface area (Å²) in [6, 6.07) is 0. The van der Waals surface area contributed by atoms with Crippen molar-refractivity contribution in [3.63, 3.8) is 0 Å². The summed E-state index contributed by atoms with van der Waals surface area (Å²) in [6.45, 7) is 9.02. The van der Waals surface area contributed by atoms with Crippen LogP contribution in [0.5, 0.6) is 0 Å². The number of hydrogen-bond acceptors (Lipinski definition) is 5. The van der Waals surface area contributed by atoms with Gasteiger partial charge in [-0.25, -0.2) is 13.1 Å². The maximum Gasteiger partial charge on any atom is 0.311 e. The lowest BCUT2D eigenvalue weighted by atomic mass is 9.97. The van der Waals surface area contributed by atoms with Crippen LogP contribution in [0.15, 0.2) is 0 Å². The fourth-order valence-electron chi connectivity index (χ4n) is 1.16. The van der Waals surface area contributed by atoms with Gasteiger partial charge in [-0.15, -0.1) is 0 Å². The van der Waals surface area contributed by atoms with Gasteiger partial charge in [-0.2, -0.15) is 0 Å². The summed E-state index contributed by atoms with van der Waals surface area (Å²) in [5.41, 5.74) is -0.591. The zero-order valence-corrected chi connectivity index (χ0v) is 13.3. The predicted molar refractivity (Wildman–Crippen MR) is 73.3 cm³/mol. The molecule has 0 aliphatic rings. The fraction of sp³-hybridized carbons (Fsp3) is 0.917. The minimum Gasteiger partial charge on any atom is -0.462 e. The minimum absolute atomic E-state index is 0.0246. The summed E-state index contributed by atoms with van der Waals surface area (Å²) < 4.78 is 35.1. The number of esters is 1. The van der Waals surface area contributed by atoms with Gasteiger partial charge in [-0.1, -0.05) is 0 Å². The molecule has 0 heterocycles. The van der Waals surface area contributed by atoms with Gasteiger partial charge in [0.1, 0.15) is 12.7 Å². The third-order valence-corrected chi connectivity index (χ3v) is 2.74. The van der Waals surface area contributed by atoms with Crippen molar-refractivity contribution in [3.05, 3.63) is 0 Å². The first-order valence-electron chi connectivity index (χ1n) is 6.19. The Labute approximate surface area is 115 Å². The molecule has 0 aliphatic heterocycles. The Hall–Kier alpha value is -0.660. The normalized spacial score (nSPS) is 14.5. The van der Waals surface area contributed by atoms with Crippen LogP contribution < -0.4 is 4.72 Å². The van der Waals surface area contributed by atoms with E-state index in [4.69, 9.17) is 9.47 Å². The first-order valence-corrected chi connectivity index (χ1v) is 8.08. The molecule has 0 rings (SSSR count). The van der Waals surface area contributed by atoms with Crippen LogP contribution in [-0.4, -0.2) is 46.0 Å². The van der Waals surface area contributed by atoms with Gasteiger partial charge in [0.15, 0.2) is 0 Å². The molecule has 0 aliphatic carbocycles. The lowest BCUT2D eigenvalue weighted by molar-refractivity contribution is -0.158. The highest BCUT2D eigenvalue weighted by atomic mass is 32.2. The molecule has 19 heavy (non-hydrogen) atoms. The van der Waals surface area contributed by atoms with Crippen LogP contribution in [0.4, 0.5) is 0 Å². The van der Waals surface area contributed by atoms with Crippen LogP contribution >= 0.6 is 0 Å². The molecule has 1 atom stereocenters. The molecule has 114 valence electrons. The van der Waals surface area contributed by atoms with E-state index >= 15 is 0 Å². The molecule has 1 N–H and O–H groups in total. The third kappa shape index (κ3) is 9.86. The lowest BCUT2D eigenvalue weighted by Crippen LogP contribution is -2.38. The molecule has 7 heteroatoms. The van der Waals surface area contributed by atoms with E-state index in [0.717, 1.165) is 6.26 Å². The topological polar surface area (TPSA) is 81.7 Å². The summed E-state index contributed by atoms with van der Waals surface area (Å²) in [6.07, 6.45) is 0.487. The van der Waals surface area contributed by atoms with Crippen LogP contribution in [0.3, 0.4) is 0 Å². The molecule has 1 unspecified atom stereocenters. The third-order valence-electron chi connectivity index (χ3n) is 2.05. The Bertz CT molecular complexity index is 383. The summed E-state index contributed by atoms with van der Waals surface area (Å²) in [4.78, 5) is 11.6. The van der Waals surface area contributed by atoms with Crippen molar-refractivity contribution in [1.29, 1.82) is 0 Å². The van der Waals surface area contributed by atoms with Crippen LogP contribution in [0.1, 0.15) is 34.6 Å². The number of rotatable bonds is 7. The summed E-state index contributed by atoms with van der Waals surface area (Å²) >= 11 is 0. The Kier molecular flexibility index (Phi) is 6.96. The second-order valence-corrected chi connectivity index (χ2v) is 7.61. The van der Waals surface area contributed by atoms with E-state index < -0.39 is 21.5 Å². The van der Waals surface area contributed by atoms with Gasteiger partial charge < -0.3 is 9.47 Å². The molecular weight excluding hydrogens is 270 g/mol. The summed E-state index contributed by atoms with van der Waals surface area (Å²) in [7, 11) is -3.29. The van der Waals surface area contributed by atoms with Crippen molar-refractivity contribution in [2.24, 2.45) is 5.41 Å². The van der Waals surface area contributed by atoms with E-state index in [0.29, 0.717) is 0 Å². The van der Waals surface area contributed by atoms with Crippen molar-refractivity contribution in [3.8, 4) is 0 Å². The zero-order valence-electron chi connectivity index (χ0n) is 12.5. The van der Waals surface area contributed by atoms with Gasteiger partial charge in [0.2, 0.25) is 10.0 Å². The maximum absolute atomic E-state index is 11.6. The Morgan fingerprint density at radius 2 is 1.79 bits per heavy atom. The molecule has 0 amide bonds. The van der Waals surface area contributed by atoms with Gasteiger partial charge in [0, 0.05) is 6.54 Å². The van der Waals surface area contributed by atoms with Crippen LogP contribution in [0, 0.1) is 5.41 Å². The van der Waals surface area contributed by atoms with Crippen LogP contribution in [0.2, 0.25) is 0 Å². The molecule has 0 bridgehead atoms. The van der Waals surface area contributed by atoms with Crippen LogP contribution in [-0.2, 0) is 24.3 Å². The Morgan fingerprint density at radius 3 is 2.16 bits per heavy atom. The zero-order chi connectivity index (χ0) is 15.3. The molecule has 0 spiro atoms. The average molecular weight is 295 g/mol. The number of sulfonamides is 1. The maximum atomic E-state index is 11.6. The van der Waals surface area contributed by atoms with E-state index in [2.05, 4.69) is 4.72 Å². The highest BCUT2D eigenvalue weighted by Gasteiger charge is 2.25. The van der Waals surface area contributed by atoms with Gasteiger partial charge in [-0.3, -0.25) is 4.79 Å². The largest absolute Gasteiger partial charge is 0.462 e. The molecule has 0 aromatic rings. The number of hydrogen-bond donors (Lipinski definition) is 1. The second kappa shape index (κ2) is 7.21. The average Bonchev–Trinajstić information content (AvgIpc) is 2.18. The SMILES string of the molecule is CC(C)OC(CNS(C)(=O)=O)COC(=O)C(C)(C)C. The van der Waals surface area contributed by atoms with E-state index in [1.54, 1.807) is 20.8 Å². The first kappa shape index (κ1) is 18.3. The molecule has 0 radical (unpaired) electrons. The number of carbonyl (C=O) groups excluding carboxylic acids is 1. The van der Waals surface area contributed by atoms with Gasteiger partial charge >= 0.3 is 5.97 Å². The second-order valence-electron chi connectivity index (χ2n) is 5.78. The van der Waals surface area contributed by atoms with Gasteiger partial charge in [-0.05, 0) is 34.6 Å². The number of carbonyl (C=O) groups is 1. The molecule has 6 nitrogen and oxygen atoms in total. The van der Waals surface area contributed by atoms with Crippen molar-refractivity contribution in [2.75, 3.05) is 19.4 Å². The van der Waals surface area contributed by atoms with Crippen molar-refractivity contribution in [2.45, 2.75) is 46.8 Å². The highest BCUT2D eigenvalue weighted by Crippen LogP contribution is 2.15. The molecule has 0 aromatic carbocycles.